The highest BCUT2D eigenvalue weighted by Crippen LogP contribution is 2.21. The third kappa shape index (κ3) is 5.03. The van der Waals surface area contributed by atoms with E-state index in [9.17, 15) is 9.59 Å². The lowest BCUT2D eigenvalue weighted by Gasteiger charge is -2.36. The van der Waals surface area contributed by atoms with E-state index >= 15 is 0 Å². The van der Waals surface area contributed by atoms with Crippen LogP contribution in [-0.4, -0.2) is 50.0 Å². The van der Waals surface area contributed by atoms with Crippen LogP contribution in [0.2, 0.25) is 5.02 Å². The Morgan fingerprint density at radius 3 is 2.19 bits per heavy atom. The summed E-state index contributed by atoms with van der Waals surface area (Å²) < 4.78 is 5.15. The number of carbonyl (C=O) groups is 2. The summed E-state index contributed by atoms with van der Waals surface area (Å²) in [5, 5.41) is 3.41. The van der Waals surface area contributed by atoms with Crippen molar-refractivity contribution in [2.45, 2.75) is 0 Å². The number of amides is 2. The Kier molecular flexibility index (Phi) is 6.61. The van der Waals surface area contributed by atoms with Crippen molar-refractivity contribution in [2.75, 3.05) is 43.5 Å². The predicted molar refractivity (Wildman–Crippen MR) is 127 cm³/mol. The van der Waals surface area contributed by atoms with Crippen LogP contribution in [0.4, 0.5) is 11.4 Å². The maximum absolute atomic E-state index is 12.7. The van der Waals surface area contributed by atoms with E-state index in [2.05, 4.69) is 10.2 Å². The quantitative estimate of drug-likeness (QED) is 0.620. The van der Waals surface area contributed by atoms with E-state index in [1.54, 1.807) is 55.6 Å². The molecule has 164 valence electrons. The van der Waals surface area contributed by atoms with Gasteiger partial charge in [0.1, 0.15) is 5.75 Å². The van der Waals surface area contributed by atoms with Gasteiger partial charge in [0, 0.05) is 53.7 Å². The second-order valence-corrected chi connectivity index (χ2v) is 7.96. The Hall–Kier alpha value is -3.51. The number of carbonyl (C=O) groups excluding carboxylic acids is 2. The van der Waals surface area contributed by atoms with Gasteiger partial charge in [0.15, 0.2) is 0 Å². The van der Waals surface area contributed by atoms with Gasteiger partial charge in [0.05, 0.1) is 7.11 Å². The third-order valence-corrected chi connectivity index (χ3v) is 5.72. The van der Waals surface area contributed by atoms with Gasteiger partial charge >= 0.3 is 0 Å². The summed E-state index contributed by atoms with van der Waals surface area (Å²) in [6, 6.07) is 21.8. The van der Waals surface area contributed by atoms with Crippen molar-refractivity contribution in [3.05, 3.63) is 88.9 Å². The highest BCUT2D eigenvalue weighted by Gasteiger charge is 2.22. The first kappa shape index (κ1) is 21.7. The van der Waals surface area contributed by atoms with Gasteiger partial charge in [-0.05, 0) is 66.7 Å². The Morgan fingerprint density at radius 1 is 0.875 bits per heavy atom. The molecule has 0 radical (unpaired) electrons. The van der Waals surface area contributed by atoms with Crippen molar-refractivity contribution >= 4 is 34.8 Å². The molecule has 0 atom stereocenters. The molecular formula is C25H24ClN3O3. The number of hydrogen-bond acceptors (Lipinski definition) is 4. The normalized spacial score (nSPS) is 13.6. The molecule has 1 fully saturated rings. The highest BCUT2D eigenvalue weighted by molar-refractivity contribution is 6.31. The van der Waals surface area contributed by atoms with Gasteiger partial charge in [-0.2, -0.15) is 0 Å². The van der Waals surface area contributed by atoms with Crippen LogP contribution in [0.25, 0.3) is 0 Å². The van der Waals surface area contributed by atoms with E-state index in [1.165, 1.54) is 0 Å². The van der Waals surface area contributed by atoms with Crippen LogP contribution in [-0.2, 0) is 0 Å². The Balaban J connectivity index is 1.32. The van der Waals surface area contributed by atoms with Crippen molar-refractivity contribution in [1.29, 1.82) is 0 Å². The number of rotatable bonds is 5. The minimum absolute atomic E-state index is 0.0337. The molecule has 1 N–H and O–H groups in total. The molecule has 1 heterocycles. The molecular weight excluding hydrogens is 426 g/mol. The summed E-state index contributed by atoms with van der Waals surface area (Å²) in [4.78, 5) is 29.2. The molecule has 0 aromatic heterocycles. The van der Waals surface area contributed by atoms with Crippen molar-refractivity contribution in [3.63, 3.8) is 0 Å². The Bertz CT molecular complexity index is 1090. The van der Waals surface area contributed by atoms with Gasteiger partial charge in [-0.15, -0.1) is 0 Å². The molecule has 0 saturated carbocycles. The lowest BCUT2D eigenvalue weighted by Crippen LogP contribution is -2.48. The van der Waals surface area contributed by atoms with Crippen LogP contribution in [0.15, 0.2) is 72.8 Å². The summed E-state index contributed by atoms with van der Waals surface area (Å²) in [5.74, 6) is 0.566. The number of methoxy groups -OCH3 is 1. The molecule has 3 aromatic carbocycles. The van der Waals surface area contributed by atoms with Gasteiger partial charge < -0.3 is 19.9 Å². The maximum Gasteiger partial charge on any atom is 0.255 e. The smallest absolute Gasteiger partial charge is 0.255 e. The van der Waals surface area contributed by atoms with Crippen molar-refractivity contribution in [2.24, 2.45) is 0 Å². The number of hydrogen-bond donors (Lipinski definition) is 1. The van der Waals surface area contributed by atoms with Crippen molar-refractivity contribution in [3.8, 4) is 5.75 Å². The first-order chi connectivity index (χ1) is 15.5. The number of benzene rings is 3. The SMILES string of the molecule is COc1ccc(C(=O)N2CCN(c3ccc(NC(=O)c4cccc(Cl)c4)cc3)CC2)cc1. The molecule has 2 amide bonds. The summed E-state index contributed by atoms with van der Waals surface area (Å²) in [5.41, 5.74) is 2.95. The van der Waals surface area contributed by atoms with Crippen LogP contribution < -0.4 is 15.0 Å². The summed E-state index contributed by atoms with van der Waals surface area (Å²) >= 11 is 5.96. The number of anilines is 2. The third-order valence-electron chi connectivity index (χ3n) is 5.48. The molecule has 1 aliphatic heterocycles. The molecule has 0 bridgehead atoms. The Labute approximate surface area is 192 Å². The molecule has 0 aliphatic carbocycles. The van der Waals surface area contributed by atoms with Gasteiger partial charge in [-0.25, -0.2) is 0 Å². The topological polar surface area (TPSA) is 61.9 Å². The zero-order chi connectivity index (χ0) is 22.5. The molecule has 1 aliphatic rings. The molecule has 7 heteroatoms. The maximum atomic E-state index is 12.7. The molecule has 32 heavy (non-hydrogen) atoms. The summed E-state index contributed by atoms with van der Waals surface area (Å²) in [7, 11) is 1.61. The van der Waals surface area contributed by atoms with Crippen LogP contribution >= 0.6 is 11.6 Å². The lowest BCUT2D eigenvalue weighted by atomic mass is 10.1. The van der Waals surface area contributed by atoms with Crippen LogP contribution in [0.3, 0.4) is 0 Å². The summed E-state index contributed by atoms with van der Waals surface area (Å²) in [6.07, 6.45) is 0. The van der Waals surface area contributed by atoms with E-state index in [-0.39, 0.29) is 11.8 Å². The highest BCUT2D eigenvalue weighted by atomic mass is 35.5. The fraction of sp³-hybridized carbons (Fsp3) is 0.200. The first-order valence-corrected chi connectivity index (χ1v) is 10.8. The number of nitrogens with one attached hydrogen (secondary N) is 1. The largest absolute Gasteiger partial charge is 0.497 e. The van der Waals surface area contributed by atoms with Crippen molar-refractivity contribution < 1.29 is 14.3 Å². The van der Waals surface area contributed by atoms with Gasteiger partial charge in [0.2, 0.25) is 0 Å². The zero-order valence-electron chi connectivity index (χ0n) is 17.8. The lowest BCUT2D eigenvalue weighted by molar-refractivity contribution is 0.0746. The Morgan fingerprint density at radius 2 is 1.56 bits per heavy atom. The number of ether oxygens (including phenoxy) is 1. The molecule has 0 unspecified atom stereocenters. The van der Waals surface area contributed by atoms with E-state index < -0.39 is 0 Å². The van der Waals surface area contributed by atoms with Gasteiger partial charge in [-0.1, -0.05) is 17.7 Å². The molecule has 3 aromatic rings. The average Bonchev–Trinajstić information content (AvgIpc) is 2.84. The molecule has 1 saturated heterocycles. The van der Waals surface area contributed by atoms with Crippen LogP contribution in [0.1, 0.15) is 20.7 Å². The summed E-state index contributed by atoms with van der Waals surface area (Å²) in [6.45, 7) is 2.79. The van der Waals surface area contributed by atoms with E-state index in [0.29, 0.717) is 34.9 Å². The standard InChI is InChI=1S/C25H24ClN3O3/c1-32-23-11-5-18(6-12-23)25(31)29-15-13-28(14-16-29)22-9-7-21(8-10-22)27-24(30)19-3-2-4-20(26)17-19/h2-12,17H,13-16H2,1H3,(H,27,30). The zero-order valence-corrected chi connectivity index (χ0v) is 18.5. The van der Waals surface area contributed by atoms with Crippen molar-refractivity contribution in [1.82, 2.24) is 4.90 Å². The van der Waals surface area contributed by atoms with E-state index in [1.807, 2.05) is 29.2 Å². The fourth-order valence-electron chi connectivity index (χ4n) is 3.67. The van der Waals surface area contributed by atoms with Crippen LogP contribution in [0, 0.1) is 0 Å². The minimum Gasteiger partial charge on any atom is -0.497 e. The van der Waals surface area contributed by atoms with E-state index in [4.69, 9.17) is 16.3 Å². The van der Waals surface area contributed by atoms with Crippen LogP contribution in [0.5, 0.6) is 5.75 Å². The average molecular weight is 450 g/mol. The fourth-order valence-corrected chi connectivity index (χ4v) is 3.86. The van der Waals surface area contributed by atoms with E-state index in [0.717, 1.165) is 24.5 Å². The predicted octanol–water partition coefficient (Wildman–Crippen LogP) is 4.56. The second kappa shape index (κ2) is 9.75. The first-order valence-electron chi connectivity index (χ1n) is 10.4. The minimum atomic E-state index is -0.203. The molecule has 4 rings (SSSR count). The van der Waals surface area contributed by atoms with Gasteiger partial charge in [0.25, 0.3) is 11.8 Å². The number of nitrogens with zero attached hydrogens (tertiary/aromatic N) is 2. The van der Waals surface area contributed by atoms with Gasteiger partial charge in [-0.3, -0.25) is 9.59 Å². The second-order valence-electron chi connectivity index (χ2n) is 7.52. The monoisotopic (exact) mass is 449 g/mol. The molecule has 0 spiro atoms. The molecule has 6 nitrogen and oxygen atoms in total. The number of piperazine rings is 1. The number of halogens is 1.